The van der Waals surface area contributed by atoms with Crippen molar-refractivity contribution >= 4 is 6.29 Å². The second-order valence-corrected chi connectivity index (χ2v) is 4.52. The minimum absolute atomic E-state index is 0.241. The van der Waals surface area contributed by atoms with E-state index in [0.29, 0.717) is 0 Å². The second-order valence-electron chi connectivity index (χ2n) is 4.52. The number of benzene rings is 1. The number of carbonyl (C=O) groups is 1. The van der Waals surface area contributed by atoms with Crippen LogP contribution in [0.15, 0.2) is 18.2 Å². The van der Waals surface area contributed by atoms with Gasteiger partial charge in [-0.15, -0.1) is 0 Å². The number of para-hydroxylation sites is 1. The number of aldehydes is 1. The number of carbonyl (C=O) groups excluding carboxylic acids is 1. The smallest absolute Gasteiger partial charge is 0.130 e. The van der Waals surface area contributed by atoms with Gasteiger partial charge < -0.3 is 9.53 Å². The van der Waals surface area contributed by atoms with Gasteiger partial charge in [-0.2, -0.15) is 0 Å². The Balaban J connectivity index is 2.45. The van der Waals surface area contributed by atoms with Crippen LogP contribution in [0.25, 0.3) is 0 Å². The fourth-order valence-electron chi connectivity index (χ4n) is 2.27. The van der Waals surface area contributed by atoms with Crippen LogP contribution < -0.4 is 4.74 Å². The average molecular weight is 218 g/mol. The Morgan fingerprint density at radius 3 is 2.69 bits per heavy atom. The molecule has 0 heterocycles. The molecular weight excluding hydrogens is 200 g/mol. The van der Waals surface area contributed by atoms with Crippen molar-refractivity contribution in [3.05, 3.63) is 29.3 Å². The lowest BCUT2D eigenvalue weighted by Gasteiger charge is -2.16. The third-order valence-corrected chi connectivity index (χ3v) is 3.37. The van der Waals surface area contributed by atoms with Gasteiger partial charge in [0.05, 0.1) is 12.5 Å². The molecule has 1 aliphatic carbocycles. The zero-order valence-corrected chi connectivity index (χ0v) is 9.95. The Bertz CT molecular complexity index is 392. The van der Waals surface area contributed by atoms with E-state index in [1.54, 1.807) is 7.11 Å². The van der Waals surface area contributed by atoms with Gasteiger partial charge in [-0.1, -0.05) is 31.5 Å². The highest BCUT2D eigenvalue weighted by molar-refractivity contribution is 5.75. The lowest BCUT2D eigenvalue weighted by molar-refractivity contribution is -0.109. The molecule has 0 aromatic heterocycles. The highest BCUT2D eigenvalue weighted by Crippen LogP contribution is 2.50. The molecule has 1 aliphatic rings. The summed E-state index contributed by atoms with van der Waals surface area (Å²) < 4.78 is 5.50. The molecule has 1 aromatic rings. The van der Waals surface area contributed by atoms with Crippen molar-refractivity contribution in [1.29, 1.82) is 0 Å². The minimum atomic E-state index is -0.241. The standard InChI is InChI=1S/C14H18O2/c1-3-5-11-6-4-7-12(13(11)16-2)14(10-15)8-9-14/h4,6-7,10H,3,5,8-9H2,1-2H3. The summed E-state index contributed by atoms with van der Waals surface area (Å²) in [5.74, 6) is 0.925. The molecule has 2 nitrogen and oxygen atoms in total. The molecule has 0 unspecified atom stereocenters. The number of aryl methyl sites for hydroxylation is 1. The van der Waals surface area contributed by atoms with Gasteiger partial charge in [-0.05, 0) is 24.8 Å². The van der Waals surface area contributed by atoms with Gasteiger partial charge in [0.1, 0.15) is 12.0 Å². The molecule has 0 saturated heterocycles. The summed E-state index contributed by atoms with van der Waals surface area (Å²) in [4.78, 5) is 11.2. The zero-order valence-electron chi connectivity index (χ0n) is 9.95. The summed E-state index contributed by atoms with van der Waals surface area (Å²) in [5.41, 5.74) is 2.06. The van der Waals surface area contributed by atoms with Crippen molar-refractivity contribution in [2.24, 2.45) is 0 Å². The molecule has 1 fully saturated rings. The summed E-state index contributed by atoms with van der Waals surface area (Å²) in [6, 6.07) is 6.15. The van der Waals surface area contributed by atoms with Crippen LogP contribution in [-0.4, -0.2) is 13.4 Å². The van der Waals surface area contributed by atoms with Gasteiger partial charge in [0, 0.05) is 5.56 Å². The number of rotatable bonds is 5. The van der Waals surface area contributed by atoms with Crippen molar-refractivity contribution < 1.29 is 9.53 Å². The lowest BCUT2D eigenvalue weighted by Crippen LogP contribution is -2.11. The quantitative estimate of drug-likeness (QED) is 0.710. The number of hydrogen-bond acceptors (Lipinski definition) is 2. The molecule has 2 heteroatoms. The highest BCUT2D eigenvalue weighted by Gasteiger charge is 2.46. The zero-order chi connectivity index (χ0) is 11.6. The molecule has 1 saturated carbocycles. The molecule has 0 bridgehead atoms. The van der Waals surface area contributed by atoms with Crippen molar-refractivity contribution in [2.75, 3.05) is 7.11 Å². The second kappa shape index (κ2) is 4.28. The lowest BCUT2D eigenvalue weighted by atomic mass is 9.93. The van der Waals surface area contributed by atoms with Crippen molar-refractivity contribution in [3.8, 4) is 5.75 Å². The molecular formula is C14H18O2. The van der Waals surface area contributed by atoms with Crippen LogP contribution in [0.5, 0.6) is 5.75 Å². The van der Waals surface area contributed by atoms with E-state index in [4.69, 9.17) is 4.74 Å². The van der Waals surface area contributed by atoms with E-state index in [0.717, 1.165) is 43.3 Å². The van der Waals surface area contributed by atoms with Gasteiger partial charge in [0.25, 0.3) is 0 Å². The summed E-state index contributed by atoms with van der Waals surface area (Å²) in [6.07, 6.45) is 5.10. The monoisotopic (exact) mass is 218 g/mol. The van der Waals surface area contributed by atoms with Crippen molar-refractivity contribution in [3.63, 3.8) is 0 Å². The first-order valence-electron chi connectivity index (χ1n) is 5.90. The SMILES string of the molecule is CCCc1cccc(C2(C=O)CC2)c1OC. The fraction of sp³-hybridized carbons (Fsp3) is 0.500. The maximum atomic E-state index is 11.2. The van der Waals surface area contributed by atoms with Gasteiger partial charge in [-0.3, -0.25) is 0 Å². The average Bonchev–Trinajstić information content (AvgIpc) is 3.10. The van der Waals surface area contributed by atoms with Gasteiger partial charge in [0.2, 0.25) is 0 Å². The number of ether oxygens (including phenoxy) is 1. The molecule has 0 amide bonds. The van der Waals surface area contributed by atoms with Crippen molar-refractivity contribution in [2.45, 2.75) is 38.0 Å². The predicted molar refractivity (Wildman–Crippen MR) is 64.0 cm³/mol. The molecule has 0 N–H and O–H groups in total. The Morgan fingerprint density at radius 2 is 2.19 bits per heavy atom. The van der Waals surface area contributed by atoms with E-state index in [1.165, 1.54) is 5.56 Å². The molecule has 0 aliphatic heterocycles. The van der Waals surface area contributed by atoms with E-state index < -0.39 is 0 Å². The van der Waals surface area contributed by atoms with Gasteiger partial charge in [-0.25, -0.2) is 0 Å². The highest BCUT2D eigenvalue weighted by atomic mass is 16.5. The van der Waals surface area contributed by atoms with Gasteiger partial charge in [0.15, 0.2) is 0 Å². The maximum Gasteiger partial charge on any atom is 0.130 e. The van der Waals surface area contributed by atoms with Gasteiger partial charge >= 0.3 is 0 Å². The Morgan fingerprint density at radius 1 is 1.44 bits per heavy atom. The molecule has 16 heavy (non-hydrogen) atoms. The van der Waals surface area contributed by atoms with Crippen LogP contribution in [-0.2, 0) is 16.6 Å². The molecule has 2 rings (SSSR count). The van der Waals surface area contributed by atoms with E-state index in [9.17, 15) is 4.79 Å². The first-order valence-corrected chi connectivity index (χ1v) is 5.90. The maximum absolute atomic E-state index is 11.2. The van der Waals surface area contributed by atoms with E-state index >= 15 is 0 Å². The Kier molecular flexibility index (Phi) is 2.99. The topological polar surface area (TPSA) is 26.3 Å². The van der Waals surface area contributed by atoms with E-state index in [2.05, 4.69) is 13.0 Å². The van der Waals surface area contributed by atoms with Crippen LogP contribution in [0, 0.1) is 0 Å². The van der Waals surface area contributed by atoms with Crippen LogP contribution in [0.3, 0.4) is 0 Å². The summed E-state index contributed by atoms with van der Waals surface area (Å²) >= 11 is 0. The molecule has 1 aromatic carbocycles. The Hall–Kier alpha value is -1.31. The number of methoxy groups -OCH3 is 1. The van der Waals surface area contributed by atoms with Crippen LogP contribution >= 0.6 is 0 Å². The largest absolute Gasteiger partial charge is 0.496 e. The molecule has 0 atom stereocenters. The minimum Gasteiger partial charge on any atom is -0.496 e. The van der Waals surface area contributed by atoms with Crippen molar-refractivity contribution in [1.82, 2.24) is 0 Å². The Labute approximate surface area is 96.6 Å². The third kappa shape index (κ3) is 1.73. The third-order valence-electron chi connectivity index (χ3n) is 3.37. The van der Waals surface area contributed by atoms with Crippen LogP contribution in [0.1, 0.15) is 37.3 Å². The predicted octanol–water partition coefficient (Wildman–Crippen LogP) is 2.88. The molecule has 86 valence electrons. The summed E-state index contributed by atoms with van der Waals surface area (Å²) in [6.45, 7) is 2.15. The van der Waals surface area contributed by atoms with Crippen LogP contribution in [0.2, 0.25) is 0 Å². The molecule has 0 spiro atoms. The first kappa shape index (κ1) is 11.2. The first-order chi connectivity index (χ1) is 7.77. The van der Waals surface area contributed by atoms with E-state index in [1.807, 2.05) is 12.1 Å². The van der Waals surface area contributed by atoms with E-state index in [-0.39, 0.29) is 5.41 Å². The summed E-state index contributed by atoms with van der Waals surface area (Å²) in [7, 11) is 1.69. The van der Waals surface area contributed by atoms with Crippen LogP contribution in [0.4, 0.5) is 0 Å². The fourth-order valence-corrected chi connectivity index (χ4v) is 2.27. The molecule has 0 radical (unpaired) electrons. The number of hydrogen-bond donors (Lipinski definition) is 0. The normalized spacial score (nSPS) is 16.9. The summed E-state index contributed by atoms with van der Waals surface area (Å²) in [5, 5.41) is 0.